The molecule has 0 aliphatic carbocycles. The van der Waals surface area contributed by atoms with Crippen molar-refractivity contribution in [3.8, 4) is 0 Å². The molecule has 17 heavy (non-hydrogen) atoms. The first-order chi connectivity index (χ1) is 8.08. The maximum absolute atomic E-state index is 11.4. The first kappa shape index (κ1) is 13.6. The minimum atomic E-state index is -0.467. The number of aliphatic hydroxyl groups is 1. The summed E-state index contributed by atoms with van der Waals surface area (Å²) in [4.78, 5) is 15.2. The van der Waals surface area contributed by atoms with Crippen LogP contribution < -0.4 is 5.32 Å². The highest BCUT2D eigenvalue weighted by atomic mass is 16.3. The normalized spacial score (nSPS) is 12.7. The second-order valence-electron chi connectivity index (χ2n) is 4.50. The maximum atomic E-state index is 11.4. The largest absolute Gasteiger partial charge is 0.391 e. The number of aryl methyl sites for hydroxylation is 1. The van der Waals surface area contributed by atoms with Gasteiger partial charge >= 0.3 is 0 Å². The van der Waals surface area contributed by atoms with Crippen LogP contribution in [0.15, 0.2) is 12.7 Å². The molecule has 0 fully saturated rings. The smallest absolute Gasteiger partial charge is 0.221 e. The van der Waals surface area contributed by atoms with Gasteiger partial charge in [-0.3, -0.25) is 9.48 Å². The summed E-state index contributed by atoms with van der Waals surface area (Å²) in [6.07, 6.45) is 3.58. The molecule has 0 aliphatic rings. The van der Waals surface area contributed by atoms with E-state index in [1.165, 1.54) is 6.33 Å². The lowest BCUT2D eigenvalue weighted by Gasteiger charge is -2.13. The van der Waals surface area contributed by atoms with Crippen molar-refractivity contribution in [2.75, 3.05) is 6.54 Å². The van der Waals surface area contributed by atoms with Gasteiger partial charge in [-0.25, -0.2) is 4.98 Å². The third-order valence-electron chi connectivity index (χ3n) is 2.31. The number of aromatic nitrogens is 3. The van der Waals surface area contributed by atoms with Gasteiger partial charge in [-0.05, 0) is 12.3 Å². The van der Waals surface area contributed by atoms with E-state index in [2.05, 4.69) is 15.4 Å². The summed E-state index contributed by atoms with van der Waals surface area (Å²) in [5.41, 5.74) is 0. The lowest BCUT2D eigenvalue weighted by atomic mass is 10.1. The summed E-state index contributed by atoms with van der Waals surface area (Å²) in [5, 5.41) is 16.2. The number of aliphatic hydroxyl groups excluding tert-OH is 1. The number of nitrogens with zero attached hydrogens (tertiary/aromatic N) is 3. The monoisotopic (exact) mass is 240 g/mol. The van der Waals surface area contributed by atoms with E-state index in [4.69, 9.17) is 0 Å². The molecule has 0 saturated carbocycles. The lowest BCUT2D eigenvalue weighted by Crippen LogP contribution is -2.33. The van der Waals surface area contributed by atoms with Gasteiger partial charge in [-0.2, -0.15) is 5.10 Å². The van der Waals surface area contributed by atoms with E-state index in [1.54, 1.807) is 11.0 Å². The van der Waals surface area contributed by atoms with Crippen LogP contribution in [0.4, 0.5) is 0 Å². The first-order valence-corrected chi connectivity index (χ1v) is 5.85. The highest BCUT2D eigenvalue weighted by Gasteiger charge is 2.09. The van der Waals surface area contributed by atoms with Gasteiger partial charge < -0.3 is 10.4 Å². The van der Waals surface area contributed by atoms with Crippen LogP contribution in [0.3, 0.4) is 0 Å². The maximum Gasteiger partial charge on any atom is 0.221 e. The molecule has 1 unspecified atom stereocenters. The molecule has 0 bridgehead atoms. The number of hydrogen-bond acceptors (Lipinski definition) is 4. The molecule has 96 valence electrons. The Kier molecular flexibility index (Phi) is 5.62. The second kappa shape index (κ2) is 7.01. The molecule has 1 atom stereocenters. The Bertz CT molecular complexity index is 324. The van der Waals surface area contributed by atoms with Crippen molar-refractivity contribution in [1.29, 1.82) is 0 Å². The molecule has 1 heterocycles. The van der Waals surface area contributed by atoms with Crippen molar-refractivity contribution < 1.29 is 9.90 Å². The first-order valence-electron chi connectivity index (χ1n) is 5.85. The molecule has 1 aromatic heterocycles. The number of hydrogen-bond donors (Lipinski definition) is 2. The number of rotatable bonds is 7. The minimum absolute atomic E-state index is 0.0803. The Labute approximate surface area is 101 Å². The third-order valence-corrected chi connectivity index (χ3v) is 2.31. The molecule has 0 saturated heterocycles. The van der Waals surface area contributed by atoms with Crippen molar-refractivity contribution in [2.45, 2.75) is 39.3 Å². The average Bonchev–Trinajstić information content (AvgIpc) is 2.75. The van der Waals surface area contributed by atoms with Gasteiger partial charge in [0.25, 0.3) is 0 Å². The standard InChI is InChI=1S/C11H20N4O2/c1-9(2)5-10(16)6-13-11(17)3-4-15-8-12-7-14-15/h7-10,16H,3-6H2,1-2H3,(H,13,17). The molecule has 0 aromatic carbocycles. The van der Waals surface area contributed by atoms with Crippen LogP contribution in [0, 0.1) is 5.92 Å². The number of amides is 1. The van der Waals surface area contributed by atoms with Crippen LogP contribution in [0.1, 0.15) is 26.7 Å². The predicted octanol–water partition coefficient (Wildman–Crippen LogP) is 0.191. The van der Waals surface area contributed by atoms with E-state index in [1.807, 2.05) is 13.8 Å². The Balaban J connectivity index is 2.13. The van der Waals surface area contributed by atoms with E-state index in [9.17, 15) is 9.90 Å². The van der Waals surface area contributed by atoms with E-state index < -0.39 is 6.10 Å². The fourth-order valence-corrected chi connectivity index (χ4v) is 1.51. The van der Waals surface area contributed by atoms with Crippen molar-refractivity contribution in [3.63, 3.8) is 0 Å². The van der Waals surface area contributed by atoms with Gasteiger partial charge in [0.2, 0.25) is 5.91 Å². The van der Waals surface area contributed by atoms with Crippen LogP contribution in [0.5, 0.6) is 0 Å². The summed E-state index contributed by atoms with van der Waals surface area (Å²) in [7, 11) is 0. The molecular formula is C11H20N4O2. The van der Waals surface area contributed by atoms with Crippen molar-refractivity contribution in [2.24, 2.45) is 5.92 Å². The quantitative estimate of drug-likeness (QED) is 0.713. The summed E-state index contributed by atoms with van der Waals surface area (Å²) in [6, 6.07) is 0. The Morgan fingerprint density at radius 2 is 2.29 bits per heavy atom. The van der Waals surface area contributed by atoms with Crippen molar-refractivity contribution in [1.82, 2.24) is 20.1 Å². The zero-order valence-electron chi connectivity index (χ0n) is 10.3. The fraction of sp³-hybridized carbons (Fsp3) is 0.727. The topological polar surface area (TPSA) is 80.0 Å². The van der Waals surface area contributed by atoms with Crippen LogP contribution in [-0.2, 0) is 11.3 Å². The number of carbonyl (C=O) groups excluding carboxylic acids is 1. The molecule has 0 spiro atoms. The second-order valence-corrected chi connectivity index (χ2v) is 4.50. The zero-order chi connectivity index (χ0) is 12.7. The van der Waals surface area contributed by atoms with Gasteiger partial charge in [0.05, 0.1) is 12.6 Å². The van der Waals surface area contributed by atoms with Gasteiger partial charge in [-0.15, -0.1) is 0 Å². The summed E-state index contributed by atoms with van der Waals surface area (Å²) < 4.78 is 1.60. The van der Waals surface area contributed by atoms with Gasteiger partial charge in [0.1, 0.15) is 12.7 Å². The molecule has 6 heteroatoms. The summed E-state index contributed by atoms with van der Waals surface area (Å²) in [5.74, 6) is 0.348. The third kappa shape index (κ3) is 6.01. The average molecular weight is 240 g/mol. The molecule has 2 N–H and O–H groups in total. The Hall–Kier alpha value is -1.43. The van der Waals surface area contributed by atoms with Crippen LogP contribution >= 0.6 is 0 Å². The highest BCUT2D eigenvalue weighted by molar-refractivity contribution is 5.75. The van der Waals surface area contributed by atoms with E-state index in [0.29, 0.717) is 31.8 Å². The lowest BCUT2D eigenvalue weighted by molar-refractivity contribution is -0.121. The zero-order valence-corrected chi connectivity index (χ0v) is 10.3. The Morgan fingerprint density at radius 1 is 1.53 bits per heavy atom. The molecule has 0 aliphatic heterocycles. The molecule has 1 rings (SSSR count). The minimum Gasteiger partial charge on any atom is -0.391 e. The SMILES string of the molecule is CC(C)CC(O)CNC(=O)CCn1cncn1. The highest BCUT2D eigenvalue weighted by Crippen LogP contribution is 2.03. The molecule has 6 nitrogen and oxygen atoms in total. The summed E-state index contributed by atoms with van der Waals surface area (Å²) >= 11 is 0. The van der Waals surface area contributed by atoms with E-state index in [0.717, 1.165) is 0 Å². The summed E-state index contributed by atoms with van der Waals surface area (Å²) in [6.45, 7) is 4.89. The number of carbonyl (C=O) groups is 1. The number of nitrogens with one attached hydrogen (secondary N) is 1. The van der Waals surface area contributed by atoms with Crippen LogP contribution in [0.25, 0.3) is 0 Å². The fourth-order valence-electron chi connectivity index (χ4n) is 1.51. The molecule has 0 radical (unpaired) electrons. The van der Waals surface area contributed by atoms with Gasteiger partial charge in [0, 0.05) is 13.0 Å². The molecule has 1 aromatic rings. The van der Waals surface area contributed by atoms with Crippen molar-refractivity contribution >= 4 is 5.91 Å². The van der Waals surface area contributed by atoms with Crippen LogP contribution in [-0.4, -0.2) is 38.4 Å². The Morgan fingerprint density at radius 3 is 2.88 bits per heavy atom. The van der Waals surface area contributed by atoms with Gasteiger partial charge in [0.15, 0.2) is 0 Å². The molecular weight excluding hydrogens is 220 g/mol. The molecule has 1 amide bonds. The van der Waals surface area contributed by atoms with E-state index >= 15 is 0 Å². The van der Waals surface area contributed by atoms with E-state index in [-0.39, 0.29) is 5.91 Å². The predicted molar refractivity (Wildman–Crippen MR) is 63.1 cm³/mol. The van der Waals surface area contributed by atoms with Crippen molar-refractivity contribution in [3.05, 3.63) is 12.7 Å². The van der Waals surface area contributed by atoms with Gasteiger partial charge in [-0.1, -0.05) is 13.8 Å². The van der Waals surface area contributed by atoms with Crippen LogP contribution in [0.2, 0.25) is 0 Å².